The number of hydrogen-bond donors (Lipinski definition) is 0. The average Bonchev–Trinajstić information content (AvgIpc) is 2.12. The Kier molecular flexibility index (Phi) is 1.97. The van der Waals surface area contributed by atoms with Crippen LogP contribution in [0.25, 0.3) is 0 Å². The molecule has 0 bridgehead atoms. The van der Waals surface area contributed by atoms with E-state index < -0.39 is 0 Å². The molecule has 2 fully saturated rings. The average molecular weight is 167 g/mol. The monoisotopic (exact) mass is 167 g/mol. The highest BCUT2D eigenvalue weighted by atomic mass is 16.2. The first kappa shape index (κ1) is 7.92. The Morgan fingerprint density at radius 3 is 2.83 bits per heavy atom. The zero-order valence-electron chi connectivity index (χ0n) is 7.08. The van der Waals surface area contributed by atoms with Gasteiger partial charge in [0.05, 0.1) is 6.04 Å². The van der Waals surface area contributed by atoms with Gasteiger partial charge in [-0.3, -0.25) is 14.5 Å². The zero-order valence-corrected chi connectivity index (χ0v) is 7.08. The molecule has 1 atom stereocenters. The van der Waals surface area contributed by atoms with Gasteiger partial charge in [0.1, 0.15) is 0 Å². The van der Waals surface area contributed by atoms with Gasteiger partial charge in [-0.15, -0.1) is 0 Å². The molecule has 66 valence electrons. The molecule has 0 amide bonds. The highest BCUT2D eigenvalue weighted by molar-refractivity contribution is 6.39. The van der Waals surface area contributed by atoms with Crippen molar-refractivity contribution >= 4 is 11.6 Å². The van der Waals surface area contributed by atoms with Crippen molar-refractivity contribution in [2.24, 2.45) is 0 Å². The molecule has 0 aromatic rings. The van der Waals surface area contributed by atoms with Crippen LogP contribution in [-0.4, -0.2) is 35.6 Å². The van der Waals surface area contributed by atoms with E-state index in [1.807, 2.05) is 0 Å². The second-order valence-corrected chi connectivity index (χ2v) is 3.58. The predicted octanol–water partition coefficient (Wildman–Crippen LogP) is 0.383. The lowest BCUT2D eigenvalue weighted by molar-refractivity contribution is -0.143. The first-order valence-corrected chi connectivity index (χ1v) is 4.60. The van der Waals surface area contributed by atoms with Crippen LogP contribution in [0.5, 0.6) is 0 Å². The van der Waals surface area contributed by atoms with E-state index in [9.17, 15) is 9.59 Å². The largest absolute Gasteiger partial charge is 0.293 e. The number of hydrogen-bond acceptors (Lipinski definition) is 3. The van der Waals surface area contributed by atoms with Crippen LogP contribution in [0.15, 0.2) is 0 Å². The number of carbonyl (C=O) groups is 2. The Hall–Kier alpha value is -0.700. The van der Waals surface area contributed by atoms with Gasteiger partial charge in [0.25, 0.3) is 0 Å². The van der Waals surface area contributed by atoms with Gasteiger partial charge in [0.15, 0.2) is 0 Å². The molecule has 0 radical (unpaired) electrons. The molecule has 3 heteroatoms. The second-order valence-electron chi connectivity index (χ2n) is 3.58. The number of rotatable bonds is 0. The lowest BCUT2D eigenvalue weighted by atomic mass is 9.91. The van der Waals surface area contributed by atoms with Gasteiger partial charge in [-0.1, -0.05) is 6.42 Å². The third-order valence-electron chi connectivity index (χ3n) is 2.82. The number of carbonyl (C=O) groups excluding carboxylic acids is 2. The van der Waals surface area contributed by atoms with E-state index >= 15 is 0 Å². The maximum Gasteiger partial charge on any atom is 0.215 e. The molecule has 0 spiro atoms. The third-order valence-corrected chi connectivity index (χ3v) is 2.82. The minimum atomic E-state index is -0.154. The Bertz CT molecular complexity index is 225. The van der Waals surface area contributed by atoms with Gasteiger partial charge in [-0.25, -0.2) is 0 Å². The Morgan fingerprint density at radius 1 is 1.17 bits per heavy atom. The van der Waals surface area contributed by atoms with Crippen LogP contribution >= 0.6 is 0 Å². The number of piperidine rings is 2. The molecular formula is C9H13NO2. The summed E-state index contributed by atoms with van der Waals surface area (Å²) in [5, 5.41) is 0. The first-order chi connectivity index (χ1) is 5.79. The van der Waals surface area contributed by atoms with Crippen LogP contribution in [-0.2, 0) is 9.59 Å². The topological polar surface area (TPSA) is 37.4 Å². The fourth-order valence-electron chi connectivity index (χ4n) is 2.11. The van der Waals surface area contributed by atoms with Crippen LogP contribution in [0, 0.1) is 0 Å². The fourth-order valence-corrected chi connectivity index (χ4v) is 2.11. The summed E-state index contributed by atoms with van der Waals surface area (Å²) < 4.78 is 0. The van der Waals surface area contributed by atoms with E-state index in [1.54, 1.807) is 0 Å². The standard InChI is InChI=1S/C9H13NO2/c11-8-4-6-10-5-2-1-3-7(10)9(8)12/h7H,1-6H2. The molecule has 2 aliphatic heterocycles. The molecule has 1 unspecified atom stereocenters. The quantitative estimate of drug-likeness (QED) is 0.489. The zero-order chi connectivity index (χ0) is 8.55. The molecule has 0 aromatic carbocycles. The predicted molar refractivity (Wildman–Crippen MR) is 43.8 cm³/mol. The van der Waals surface area contributed by atoms with Crippen molar-refractivity contribution in [3.8, 4) is 0 Å². The van der Waals surface area contributed by atoms with Crippen molar-refractivity contribution in [1.82, 2.24) is 4.90 Å². The molecule has 3 nitrogen and oxygen atoms in total. The minimum absolute atomic E-state index is 0.0556. The van der Waals surface area contributed by atoms with Crippen molar-refractivity contribution in [3.05, 3.63) is 0 Å². The maximum absolute atomic E-state index is 11.4. The van der Waals surface area contributed by atoms with Gasteiger partial charge in [-0.05, 0) is 19.4 Å². The lowest BCUT2D eigenvalue weighted by Gasteiger charge is -2.36. The first-order valence-electron chi connectivity index (χ1n) is 4.60. The van der Waals surface area contributed by atoms with Crippen molar-refractivity contribution in [2.45, 2.75) is 31.7 Å². The summed E-state index contributed by atoms with van der Waals surface area (Å²) in [6.07, 6.45) is 3.61. The van der Waals surface area contributed by atoms with Gasteiger partial charge >= 0.3 is 0 Å². The van der Waals surface area contributed by atoms with Crippen LogP contribution in [0.2, 0.25) is 0 Å². The normalized spacial score (nSPS) is 31.8. The summed E-state index contributed by atoms with van der Waals surface area (Å²) in [5.41, 5.74) is 0. The number of ketones is 2. The molecule has 0 aliphatic carbocycles. The Morgan fingerprint density at radius 2 is 2.00 bits per heavy atom. The summed E-state index contributed by atoms with van der Waals surface area (Å²) in [5.74, 6) is -0.292. The summed E-state index contributed by atoms with van der Waals surface area (Å²) in [7, 11) is 0. The van der Waals surface area contributed by atoms with Crippen LogP contribution < -0.4 is 0 Å². The van der Waals surface area contributed by atoms with Crippen LogP contribution in [0.1, 0.15) is 25.7 Å². The summed E-state index contributed by atoms with van der Waals surface area (Å²) in [4.78, 5) is 24.6. The minimum Gasteiger partial charge on any atom is -0.293 e. The van der Waals surface area contributed by atoms with Crippen molar-refractivity contribution < 1.29 is 9.59 Å². The highest BCUT2D eigenvalue weighted by Crippen LogP contribution is 2.21. The van der Waals surface area contributed by atoms with Crippen molar-refractivity contribution in [2.75, 3.05) is 13.1 Å². The van der Waals surface area contributed by atoms with Gasteiger partial charge < -0.3 is 0 Å². The molecular weight excluding hydrogens is 154 g/mol. The molecule has 0 N–H and O–H groups in total. The number of fused-ring (bicyclic) bond motifs is 1. The Labute approximate surface area is 71.7 Å². The highest BCUT2D eigenvalue weighted by Gasteiger charge is 2.36. The molecule has 2 aliphatic rings. The SMILES string of the molecule is O=C1CCN2CCCCC2C1=O. The van der Waals surface area contributed by atoms with E-state index in [2.05, 4.69) is 4.90 Å². The maximum atomic E-state index is 11.4. The fraction of sp³-hybridized carbons (Fsp3) is 0.778. The summed E-state index contributed by atoms with van der Waals surface area (Å²) in [6, 6.07) is -0.0556. The third kappa shape index (κ3) is 1.18. The van der Waals surface area contributed by atoms with Crippen LogP contribution in [0.4, 0.5) is 0 Å². The number of Topliss-reactive ketones (excluding diaryl/α,β-unsaturated/α-hetero) is 2. The van der Waals surface area contributed by atoms with Gasteiger partial charge in [-0.2, -0.15) is 0 Å². The van der Waals surface area contributed by atoms with Crippen molar-refractivity contribution in [1.29, 1.82) is 0 Å². The van der Waals surface area contributed by atoms with E-state index in [0.29, 0.717) is 6.42 Å². The molecule has 12 heavy (non-hydrogen) atoms. The number of nitrogens with zero attached hydrogens (tertiary/aromatic N) is 1. The van der Waals surface area contributed by atoms with Crippen molar-refractivity contribution in [3.63, 3.8) is 0 Å². The molecule has 2 rings (SSSR count). The van der Waals surface area contributed by atoms with Crippen LogP contribution in [0.3, 0.4) is 0 Å². The van der Waals surface area contributed by atoms with Gasteiger partial charge in [0.2, 0.25) is 11.6 Å². The van der Waals surface area contributed by atoms with E-state index in [-0.39, 0.29) is 17.6 Å². The van der Waals surface area contributed by atoms with E-state index in [4.69, 9.17) is 0 Å². The van der Waals surface area contributed by atoms with E-state index in [0.717, 1.165) is 25.9 Å². The summed E-state index contributed by atoms with van der Waals surface area (Å²) in [6.45, 7) is 1.80. The Balaban J connectivity index is 2.13. The van der Waals surface area contributed by atoms with Gasteiger partial charge in [0, 0.05) is 13.0 Å². The molecule has 0 saturated carbocycles. The molecule has 0 aromatic heterocycles. The summed E-state index contributed by atoms with van der Waals surface area (Å²) >= 11 is 0. The molecule has 2 heterocycles. The second kappa shape index (κ2) is 2.98. The molecule has 2 saturated heterocycles. The smallest absolute Gasteiger partial charge is 0.215 e. The lowest BCUT2D eigenvalue weighted by Crippen LogP contribution is -2.52. The van der Waals surface area contributed by atoms with E-state index in [1.165, 1.54) is 6.42 Å².